The van der Waals surface area contributed by atoms with E-state index in [1.54, 1.807) is 21.8 Å². The van der Waals surface area contributed by atoms with Crippen LogP contribution in [0, 0.1) is 6.92 Å². The van der Waals surface area contributed by atoms with E-state index < -0.39 is 5.41 Å². The van der Waals surface area contributed by atoms with Gasteiger partial charge in [0.1, 0.15) is 11.2 Å². The molecule has 0 bridgehead atoms. The fourth-order valence-electron chi connectivity index (χ4n) is 4.59. The molecule has 29 heavy (non-hydrogen) atoms. The molecule has 2 amide bonds. The molecule has 0 saturated heterocycles. The minimum absolute atomic E-state index is 0.0299. The van der Waals surface area contributed by atoms with Gasteiger partial charge in [0.2, 0.25) is 11.8 Å². The highest BCUT2D eigenvalue weighted by Crippen LogP contribution is 2.54. The van der Waals surface area contributed by atoms with E-state index in [0.29, 0.717) is 28.6 Å². The van der Waals surface area contributed by atoms with Crippen molar-refractivity contribution >= 4 is 34.9 Å². The molecular formula is C22H19ClN4O2. The molecule has 1 spiro atoms. The van der Waals surface area contributed by atoms with Gasteiger partial charge in [-0.15, -0.1) is 0 Å². The number of hydrogen-bond acceptors (Lipinski definition) is 3. The summed E-state index contributed by atoms with van der Waals surface area (Å²) >= 11 is 6.48. The van der Waals surface area contributed by atoms with E-state index in [4.69, 9.17) is 11.6 Å². The topological polar surface area (TPSA) is 67.2 Å². The number of nitrogens with one attached hydrogen (secondary N) is 1. The maximum atomic E-state index is 13.7. The minimum Gasteiger partial charge on any atom is -0.310 e. The van der Waals surface area contributed by atoms with Gasteiger partial charge < -0.3 is 10.2 Å². The van der Waals surface area contributed by atoms with E-state index in [0.717, 1.165) is 16.8 Å². The summed E-state index contributed by atoms with van der Waals surface area (Å²) in [6, 6.07) is 13.3. The van der Waals surface area contributed by atoms with Crippen molar-refractivity contribution in [2.75, 3.05) is 16.8 Å². The van der Waals surface area contributed by atoms with Gasteiger partial charge in [-0.05, 0) is 37.1 Å². The number of carbonyl (C=O) groups excluding carboxylic acids is 2. The summed E-state index contributed by atoms with van der Waals surface area (Å²) in [7, 11) is 0. The molecule has 0 unspecified atom stereocenters. The first-order valence-corrected chi connectivity index (χ1v) is 9.92. The van der Waals surface area contributed by atoms with Gasteiger partial charge in [0.05, 0.1) is 22.6 Å². The Kier molecular flexibility index (Phi) is 3.83. The van der Waals surface area contributed by atoms with Gasteiger partial charge in [-0.3, -0.25) is 9.59 Å². The van der Waals surface area contributed by atoms with Crippen molar-refractivity contribution < 1.29 is 9.59 Å². The van der Waals surface area contributed by atoms with E-state index >= 15 is 0 Å². The highest BCUT2D eigenvalue weighted by Gasteiger charge is 2.57. The number of amides is 2. The maximum Gasteiger partial charge on any atom is 0.242 e. The molecule has 6 nitrogen and oxygen atoms in total. The number of aromatic nitrogens is 2. The fourth-order valence-corrected chi connectivity index (χ4v) is 4.87. The van der Waals surface area contributed by atoms with Crippen LogP contribution >= 0.6 is 11.6 Å². The average Bonchev–Trinajstić information content (AvgIpc) is 3.22. The van der Waals surface area contributed by atoms with Gasteiger partial charge in [-0.1, -0.05) is 41.9 Å². The summed E-state index contributed by atoms with van der Waals surface area (Å²) < 4.78 is 1.70. The van der Waals surface area contributed by atoms with Crippen LogP contribution in [0.4, 0.5) is 11.5 Å². The summed E-state index contributed by atoms with van der Waals surface area (Å²) in [5, 5.41) is 8.01. The van der Waals surface area contributed by atoms with Gasteiger partial charge in [-0.2, -0.15) is 5.10 Å². The monoisotopic (exact) mass is 406 g/mol. The van der Waals surface area contributed by atoms with Crippen LogP contribution in [-0.4, -0.2) is 28.1 Å². The lowest BCUT2D eigenvalue weighted by atomic mass is 9.72. The molecule has 0 radical (unpaired) electrons. The van der Waals surface area contributed by atoms with Crippen molar-refractivity contribution in [2.24, 2.45) is 0 Å². The molecule has 1 aromatic heterocycles. The van der Waals surface area contributed by atoms with E-state index in [1.165, 1.54) is 0 Å². The average molecular weight is 407 g/mol. The highest BCUT2D eigenvalue weighted by molar-refractivity contribution is 6.35. The van der Waals surface area contributed by atoms with Gasteiger partial charge in [0.15, 0.2) is 0 Å². The molecule has 2 aliphatic rings. The summed E-state index contributed by atoms with van der Waals surface area (Å²) in [5.41, 5.74) is 2.90. The number of fused-ring (bicyclic) bond motifs is 4. The quantitative estimate of drug-likeness (QED) is 0.703. The number of anilines is 2. The van der Waals surface area contributed by atoms with Crippen LogP contribution in [0.3, 0.4) is 0 Å². The van der Waals surface area contributed by atoms with Crippen molar-refractivity contribution in [3.63, 3.8) is 0 Å². The first kappa shape index (κ1) is 17.9. The predicted octanol–water partition coefficient (Wildman–Crippen LogP) is 3.83. The third-order valence-corrected chi connectivity index (χ3v) is 6.20. The van der Waals surface area contributed by atoms with Crippen LogP contribution in [0.5, 0.6) is 0 Å². The summed E-state index contributed by atoms with van der Waals surface area (Å²) in [6.45, 7) is 4.36. The standard InChI is InChI=1S/C22H19ClN4O2/c1-3-26-19-14(8-6-9-16(19)23)22(21(26)29)11-18(28)25-20-15(22)12-24-27(20)17-10-5-4-7-13(17)2/h4-10,12H,3,11H2,1-2H3,(H,25,28)/t22-/m1/s1. The Balaban J connectivity index is 1.81. The third-order valence-electron chi connectivity index (χ3n) is 5.90. The number of carbonyl (C=O) groups is 2. The SMILES string of the molecule is CCN1C(=O)[C@]2(CC(=O)Nc3c2cnn3-c2ccccc2C)c2cccc(Cl)c21. The molecule has 7 heteroatoms. The Morgan fingerprint density at radius 1 is 1.14 bits per heavy atom. The summed E-state index contributed by atoms with van der Waals surface area (Å²) in [4.78, 5) is 28.2. The molecule has 0 fully saturated rings. The molecule has 146 valence electrons. The molecular weight excluding hydrogens is 388 g/mol. The molecule has 1 N–H and O–H groups in total. The molecule has 1 atom stereocenters. The van der Waals surface area contributed by atoms with E-state index in [-0.39, 0.29) is 18.2 Å². The van der Waals surface area contributed by atoms with Crippen LogP contribution in [-0.2, 0) is 15.0 Å². The van der Waals surface area contributed by atoms with Crippen molar-refractivity contribution in [3.05, 3.63) is 70.4 Å². The van der Waals surface area contributed by atoms with Crippen LogP contribution in [0.15, 0.2) is 48.7 Å². The first-order valence-electron chi connectivity index (χ1n) is 9.54. The number of halogens is 1. The van der Waals surface area contributed by atoms with Gasteiger partial charge in [-0.25, -0.2) is 4.68 Å². The number of benzene rings is 2. The number of aryl methyl sites for hydroxylation is 1. The lowest BCUT2D eigenvalue weighted by Crippen LogP contribution is -2.46. The van der Waals surface area contributed by atoms with Crippen molar-refractivity contribution in [1.82, 2.24) is 9.78 Å². The third kappa shape index (κ3) is 2.26. The van der Waals surface area contributed by atoms with Crippen LogP contribution < -0.4 is 10.2 Å². The Bertz CT molecular complexity index is 1190. The summed E-state index contributed by atoms with van der Waals surface area (Å²) in [6.07, 6.45) is 1.73. The van der Waals surface area contributed by atoms with Crippen molar-refractivity contribution in [2.45, 2.75) is 25.7 Å². The van der Waals surface area contributed by atoms with Crippen LogP contribution in [0.1, 0.15) is 30.0 Å². The second kappa shape index (κ2) is 6.19. The maximum absolute atomic E-state index is 13.7. The minimum atomic E-state index is -1.12. The Hall–Kier alpha value is -3.12. The number of nitrogens with zero attached hydrogens (tertiary/aromatic N) is 3. The Morgan fingerprint density at radius 2 is 1.93 bits per heavy atom. The molecule has 3 aromatic rings. The zero-order valence-corrected chi connectivity index (χ0v) is 16.8. The molecule has 2 aromatic carbocycles. The number of rotatable bonds is 2. The number of hydrogen-bond donors (Lipinski definition) is 1. The fraction of sp³-hybridized carbons (Fsp3) is 0.227. The highest BCUT2D eigenvalue weighted by atomic mass is 35.5. The van der Waals surface area contributed by atoms with E-state index in [2.05, 4.69) is 10.4 Å². The zero-order chi connectivity index (χ0) is 20.3. The largest absolute Gasteiger partial charge is 0.310 e. The second-order valence-corrected chi connectivity index (χ2v) is 7.83. The molecule has 3 heterocycles. The number of likely N-dealkylation sites (N-methyl/N-ethyl adjacent to an activating group) is 1. The predicted molar refractivity (Wildman–Crippen MR) is 112 cm³/mol. The summed E-state index contributed by atoms with van der Waals surface area (Å²) in [5.74, 6) is 0.182. The Morgan fingerprint density at radius 3 is 2.69 bits per heavy atom. The van der Waals surface area contributed by atoms with Gasteiger partial charge >= 0.3 is 0 Å². The molecule has 0 aliphatic carbocycles. The zero-order valence-electron chi connectivity index (χ0n) is 16.1. The van der Waals surface area contributed by atoms with Crippen molar-refractivity contribution in [3.8, 4) is 5.69 Å². The second-order valence-electron chi connectivity index (χ2n) is 7.42. The van der Waals surface area contributed by atoms with Crippen LogP contribution in [0.2, 0.25) is 5.02 Å². The smallest absolute Gasteiger partial charge is 0.242 e. The first-order chi connectivity index (χ1) is 14.0. The number of para-hydroxylation sites is 2. The molecule has 2 aliphatic heterocycles. The van der Waals surface area contributed by atoms with Crippen LogP contribution in [0.25, 0.3) is 5.69 Å². The Labute approximate surface area is 173 Å². The normalized spacial score (nSPS) is 20.0. The lowest BCUT2D eigenvalue weighted by molar-refractivity contribution is -0.126. The van der Waals surface area contributed by atoms with Gasteiger partial charge in [0, 0.05) is 18.5 Å². The lowest BCUT2D eigenvalue weighted by Gasteiger charge is -2.32. The van der Waals surface area contributed by atoms with Gasteiger partial charge in [0.25, 0.3) is 0 Å². The van der Waals surface area contributed by atoms with E-state index in [9.17, 15) is 9.59 Å². The molecule has 0 saturated carbocycles. The van der Waals surface area contributed by atoms with E-state index in [1.807, 2.05) is 50.2 Å². The molecule has 5 rings (SSSR count). The van der Waals surface area contributed by atoms with Crippen molar-refractivity contribution in [1.29, 1.82) is 0 Å².